The van der Waals surface area contributed by atoms with Crippen molar-refractivity contribution in [3.05, 3.63) is 0 Å². The lowest BCUT2D eigenvalue weighted by atomic mass is 9.57. The van der Waals surface area contributed by atoms with E-state index in [4.69, 9.17) is 0 Å². The number of hydrogen-bond acceptors (Lipinski definition) is 1. The maximum absolute atomic E-state index is 3.92. The first-order chi connectivity index (χ1) is 1.91. The van der Waals surface area contributed by atoms with Crippen LogP contribution in [0, 0.1) is 0 Å². The molecule has 0 radical (unpaired) electrons. The average molecular weight is 71.8 g/mol. The molecule has 0 fully saturated rings. The summed E-state index contributed by atoms with van der Waals surface area (Å²) < 4.78 is 0. The highest BCUT2D eigenvalue weighted by atomic mass is 32.1. The van der Waals surface area contributed by atoms with Gasteiger partial charge >= 0.3 is 0 Å². The van der Waals surface area contributed by atoms with Crippen LogP contribution in [0.4, 0.5) is 0 Å². The van der Waals surface area contributed by atoms with Crippen LogP contribution in [0.15, 0.2) is 0 Å². The highest BCUT2D eigenvalue weighted by Gasteiger charge is 1.67. The molecule has 0 atom stereocenters. The Morgan fingerprint density at radius 2 is 2.00 bits per heavy atom. The van der Waals surface area contributed by atoms with Gasteiger partial charge in [-0.05, 0) is 0 Å². The Bertz CT molecular complexity index is 8.00. The van der Waals surface area contributed by atoms with E-state index in [1.807, 2.05) is 0 Å². The summed E-state index contributed by atoms with van der Waals surface area (Å²) in [5, 5.41) is 0. The molecule has 0 heterocycles. The van der Waals surface area contributed by atoms with E-state index in [1.54, 1.807) is 0 Å². The molecule has 4 heavy (non-hydrogen) atoms. The quantitative estimate of drug-likeness (QED) is 0.318. The summed E-state index contributed by atoms with van der Waals surface area (Å²) in [7, 11) is 1.18. The Balaban J connectivity index is 1.97. The topological polar surface area (TPSA) is 0 Å². The SMILES string of the molecule is CBBS. The lowest BCUT2D eigenvalue weighted by Crippen LogP contribution is -1.83. The van der Waals surface area contributed by atoms with E-state index in [-0.39, 0.29) is 0 Å². The van der Waals surface area contributed by atoms with Gasteiger partial charge in [0.05, 0.1) is 7.17 Å². The monoisotopic (exact) mass is 72.0 g/mol. The van der Waals surface area contributed by atoms with E-state index >= 15 is 0 Å². The van der Waals surface area contributed by atoms with Gasteiger partial charge in [-0.25, -0.2) is 12.5 Å². The minimum absolute atomic E-state index is 1.01. The van der Waals surface area contributed by atoms with Gasteiger partial charge in [0, 0.05) is 0 Å². The van der Waals surface area contributed by atoms with E-state index in [9.17, 15) is 0 Å². The summed E-state index contributed by atoms with van der Waals surface area (Å²) >= 11 is 3.92. The van der Waals surface area contributed by atoms with Gasteiger partial charge in [0.25, 0.3) is 0 Å². The second-order valence-corrected chi connectivity index (χ2v) is 1.17. The van der Waals surface area contributed by atoms with Crippen molar-refractivity contribution in [2.75, 3.05) is 0 Å². The molecule has 0 N–H and O–H groups in total. The first kappa shape index (κ1) is 4.48. The van der Waals surface area contributed by atoms with Gasteiger partial charge in [-0.15, -0.1) is 0 Å². The van der Waals surface area contributed by atoms with Crippen LogP contribution in [-0.4, -0.2) is 13.6 Å². The third-order valence-electron chi connectivity index (χ3n) is 0.224. The standard InChI is InChI=1S/CH6B2S/c1-2-3-4/h2-4H,1H3. The van der Waals surface area contributed by atoms with Gasteiger partial charge in [0.15, 0.2) is 6.45 Å². The predicted molar refractivity (Wildman–Crippen MR) is 29.1 cm³/mol. The highest BCUT2D eigenvalue weighted by Crippen LogP contribution is 1.56. The normalized spacial score (nSPS) is 5.50. The molecule has 0 aliphatic carbocycles. The first-order valence-corrected chi connectivity index (χ1v) is 2.16. The molecule has 3 heteroatoms. The fraction of sp³-hybridized carbons (Fsp3) is 1.00. The van der Waals surface area contributed by atoms with Crippen LogP contribution in [-0.2, 0) is 0 Å². The van der Waals surface area contributed by atoms with Crippen molar-refractivity contribution in [3.63, 3.8) is 0 Å². The van der Waals surface area contributed by atoms with E-state index in [0.29, 0.717) is 0 Å². The Hall–Kier alpha value is 0.480. The van der Waals surface area contributed by atoms with Crippen molar-refractivity contribution in [2.24, 2.45) is 0 Å². The van der Waals surface area contributed by atoms with Gasteiger partial charge in [-0.3, -0.25) is 0 Å². The lowest BCUT2D eigenvalue weighted by Gasteiger charge is -1.58. The summed E-state index contributed by atoms with van der Waals surface area (Å²) in [4.78, 5) is 0. The van der Waals surface area contributed by atoms with Gasteiger partial charge in [-0.1, -0.05) is 6.82 Å². The summed E-state index contributed by atoms with van der Waals surface area (Å²) in [6.45, 7) is 2.10. The van der Waals surface area contributed by atoms with Crippen LogP contribution in [0.2, 0.25) is 6.82 Å². The van der Waals surface area contributed by atoms with Gasteiger partial charge in [-0.2, -0.15) is 0 Å². The Labute approximate surface area is 33.7 Å². The third kappa shape index (κ3) is 2.48. The van der Waals surface area contributed by atoms with Crippen LogP contribution < -0.4 is 0 Å². The Morgan fingerprint density at radius 1 is 1.75 bits per heavy atom. The number of thiol groups is 1. The first-order valence-electron chi connectivity index (χ1n) is 1.52. The molecule has 0 unspecified atom stereocenters. The molecule has 0 aliphatic rings. The number of hydrogen-bond donors (Lipinski definition) is 1. The van der Waals surface area contributed by atoms with Crippen molar-refractivity contribution in [1.29, 1.82) is 0 Å². The van der Waals surface area contributed by atoms with Crippen molar-refractivity contribution >= 4 is 26.1 Å². The molecule has 0 amide bonds. The second kappa shape index (κ2) is 3.48. The Kier molecular flexibility index (Phi) is 3.90. The zero-order valence-corrected chi connectivity index (χ0v) is 3.76. The molecule has 0 saturated heterocycles. The fourth-order valence-corrected chi connectivity index (χ4v) is 0. The summed E-state index contributed by atoms with van der Waals surface area (Å²) in [5.74, 6) is 0. The minimum Gasteiger partial charge on any atom is -0.241 e. The summed E-state index contributed by atoms with van der Waals surface area (Å²) in [5.41, 5.74) is 0. The smallest absolute Gasteiger partial charge is 0.151 e. The van der Waals surface area contributed by atoms with Crippen molar-refractivity contribution in [2.45, 2.75) is 6.82 Å². The van der Waals surface area contributed by atoms with Crippen LogP contribution in [0.1, 0.15) is 0 Å². The molecule has 22 valence electrons. The molecular formula is CH6B2S. The molecule has 0 aliphatic heterocycles. The van der Waals surface area contributed by atoms with Gasteiger partial charge in [0.1, 0.15) is 0 Å². The fourth-order valence-electron chi connectivity index (χ4n) is 0. The van der Waals surface area contributed by atoms with E-state index in [1.165, 1.54) is 7.17 Å². The summed E-state index contributed by atoms with van der Waals surface area (Å²) in [6.07, 6.45) is 1.01. The van der Waals surface area contributed by atoms with Crippen LogP contribution in [0.5, 0.6) is 0 Å². The molecule has 0 aromatic heterocycles. The predicted octanol–water partition coefficient (Wildman–Crippen LogP) is -0.333. The van der Waals surface area contributed by atoms with Crippen LogP contribution in [0.25, 0.3) is 0 Å². The summed E-state index contributed by atoms with van der Waals surface area (Å²) in [6, 6.07) is 0. The maximum atomic E-state index is 3.92. The zero-order chi connectivity index (χ0) is 3.41. The molecule has 0 aromatic rings. The van der Waals surface area contributed by atoms with Gasteiger partial charge in [0.2, 0.25) is 0 Å². The Morgan fingerprint density at radius 3 is 2.00 bits per heavy atom. The molecule has 0 spiro atoms. The molecule has 0 rings (SSSR count). The van der Waals surface area contributed by atoms with E-state index in [0.717, 1.165) is 6.45 Å². The van der Waals surface area contributed by atoms with Crippen molar-refractivity contribution in [3.8, 4) is 0 Å². The molecule has 0 aromatic carbocycles. The molecular weight excluding hydrogens is 65.7 g/mol. The molecule has 0 saturated carbocycles. The number of rotatable bonds is 1. The van der Waals surface area contributed by atoms with Crippen LogP contribution in [0.3, 0.4) is 0 Å². The van der Waals surface area contributed by atoms with Crippen LogP contribution >= 0.6 is 12.5 Å². The highest BCUT2D eigenvalue weighted by molar-refractivity contribution is 8.12. The van der Waals surface area contributed by atoms with E-state index in [2.05, 4.69) is 19.3 Å². The lowest BCUT2D eigenvalue weighted by molar-refractivity contribution is 2.37. The average Bonchev–Trinajstić information content (AvgIpc) is 1.37. The van der Waals surface area contributed by atoms with Crippen molar-refractivity contribution < 1.29 is 0 Å². The zero-order valence-electron chi connectivity index (χ0n) is 2.86. The molecule has 0 bridgehead atoms. The molecule has 0 nitrogen and oxygen atoms in total. The minimum atomic E-state index is 1.01. The largest absolute Gasteiger partial charge is 0.241 e. The maximum Gasteiger partial charge on any atom is 0.151 e. The van der Waals surface area contributed by atoms with E-state index < -0.39 is 0 Å². The van der Waals surface area contributed by atoms with Crippen molar-refractivity contribution in [1.82, 2.24) is 0 Å². The van der Waals surface area contributed by atoms with Gasteiger partial charge < -0.3 is 0 Å². The second-order valence-electron chi connectivity index (χ2n) is 0.724. The third-order valence-corrected chi connectivity index (χ3v) is 0.671.